The van der Waals surface area contributed by atoms with Crippen molar-refractivity contribution in [3.05, 3.63) is 0 Å². The molecule has 0 aromatic carbocycles. The molecule has 84 valence electrons. The standard InChI is InChI=1S/C11H24N2O/c1-3-7-13-8-5-11(10-12,6-9-13)14-4-2/h3-10,12H2,1-2H3. The lowest BCUT2D eigenvalue weighted by Gasteiger charge is -2.40. The van der Waals surface area contributed by atoms with Crippen LogP contribution in [0, 0.1) is 0 Å². The van der Waals surface area contributed by atoms with E-state index in [0.717, 1.165) is 32.5 Å². The van der Waals surface area contributed by atoms with Crippen molar-refractivity contribution in [3.63, 3.8) is 0 Å². The van der Waals surface area contributed by atoms with Gasteiger partial charge >= 0.3 is 0 Å². The number of likely N-dealkylation sites (tertiary alicyclic amines) is 1. The van der Waals surface area contributed by atoms with E-state index in [0.29, 0.717) is 6.54 Å². The molecule has 0 amide bonds. The van der Waals surface area contributed by atoms with Gasteiger partial charge in [0.2, 0.25) is 0 Å². The second-order valence-corrected chi connectivity index (χ2v) is 4.16. The summed E-state index contributed by atoms with van der Waals surface area (Å²) in [5.41, 5.74) is 5.79. The lowest BCUT2D eigenvalue weighted by Crippen LogP contribution is -2.50. The van der Waals surface area contributed by atoms with Crippen LogP contribution < -0.4 is 5.73 Å². The molecule has 0 atom stereocenters. The summed E-state index contributed by atoms with van der Waals surface area (Å²) in [4.78, 5) is 2.51. The quantitative estimate of drug-likeness (QED) is 0.725. The van der Waals surface area contributed by atoms with Gasteiger partial charge in [0.25, 0.3) is 0 Å². The zero-order valence-electron chi connectivity index (χ0n) is 9.59. The maximum absolute atomic E-state index is 5.80. The smallest absolute Gasteiger partial charge is 0.0828 e. The van der Waals surface area contributed by atoms with Crippen LogP contribution >= 0.6 is 0 Å². The first-order valence-electron chi connectivity index (χ1n) is 5.82. The van der Waals surface area contributed by atoms with E-state index < -0.39 is 0 Å². The predicted octanol–water partition coefficient (Wildman–Crippen LogP) is 1.23. The van der Waals surface area contributed by atoms with Crippen LogP contribution in [-0.4, -0.2) is 43.3 Å². The second-order valence-electron chi connectivity index (χ2n) is 4.16. The summed E-state index contributed by atoms with van der Waals surface area (Å²) in [6, 6.07) is 0. The van der Waals surface area contributed by atoms with Crippen LogP contribution in [-0.2, 0) is 4.74 Å². The first-order valence-corrected chi connectivity index (χ1v) is 5.82. The number of nitrogens with two attached hydrogens (primary N) is 1. The van der Waals surface area contributed by atoms with Crippen molar-refractivity contribution >= 4 is 0 Å². The molecule has 0 radical (unpaired) electrons. The summed E-state index contributed by atoms with van der Waals surface area (Å²) in [6.45, 7) is 9.23. The molecule has 2 N–H and O–H groups in total. The van der Waals surface area contributed by atoms with Gasteiger partial charge in [0.1, 0.15) is 0 Å². The lowest BCUT2D eigenvalue weighted by molar-refractivity contribution is -0.0722. The first kappa shape index (κ1) is 12.0. The summed E-state index contributed by atoms with van der Waals surface area (Å²) < 4.78 is 5.79. The molecule has 0 bridgehead atoms. The topological polar surface area (TPSA) is 38.5 Å². The van der Waals surface area contributed by atoms with Gasteiger partial charge < -0.3 is 15.4 Å². The molecular formula is C11H24N2O. The number of rotatable bonds is 5. The van der Waals surface area contributed by atoms with E-state index in [-0.39, 0.29) is 5.60 Å². The van der Waals surface area contributed by atoms with Gasteiger partial charge in [0, 0.05) is 26.2 Å². The van der Waals surface area contributed by atoms with Crippen molar-refractivity contribution in [1.29, 1.82) is 0 Å². The van der Waals surface area contributed by atoms with Gasteiger partial charge in [-0.3, -0.25) is 0 Å². The Labute approximate surface area is 87.6 Å². The molecule has 3 nitrogen and oxygen atoms in total. The van der Waals surface area contributed by atoms with Gasteiger partial charge in [-0.25, -0.2) is 0 Å². The number of nitrogens with zero attached hydrogens (tertiary/aromatic N) is 1. The van der Waals surface area contributed by atoms with Gasteiger partial charge in [-0.2, -0.15) is 0 Å². The molecule has 1 aliphatic heterocycles. The molecule has 1 rings (SSSR count). The molecule has 1 aliphatic rings. The van der Waals surface area contributed by atoms with Gasteiger partial charge in [-0.05, 0) is 32.7 Å². The van der Waals surface area contributed by atoms with E-state index in [1.165, 1.54) is 13.0 Å². The molecule has 0 aromatic rings. The normalized spacial score (nSPS) is 22.5. The average molecular weight is 200 g/mol. The Morgan fingerprint density at radius 1 is 1.29 bits per heavy atom. The molecular weight excluding hydrogens is 176 g/mol. The van der Waals surface area contributed by atoms with Crippen LogP contribution in [0.2, 0.25) is 0 Å². The van der Waals surface area contributed by atoms with Crippen molar-refractivity contribution in [2.45, 2.75) is 38.7 Å². The fourth-order valence-corrected chi connectivity index (χ4v) is 2.21. The fraction of sp³-hybridized carbons (Fsp3) is 1.00. The molecule has 1 fully saturated rings. The highest BCUT2D eigenvalue weighted by Crippen LogP contribution is 2.25. The van der Waals surface area contributed by atoms with Crippen LogP contribution in [0.3, 0.4) is 0 Å². The highest BCUT2D eigenvalue weighted by Gasteiger charge is 2.33. The van der Waals surface area contributed by atoms with Crippen molar-refractivity contribution in [2.24, 2.45) is 5.73 Å². The summed E-state index contributed by atoms with van der Waals surface area (Å²) in [5.74, 6) is 0. The van der Waals surface area contributed by atoms with E-state index in [2.05, 4.69) is 18.7 Å². The van der Waals surface area contributed by atoms with Crippen LogP contribution in [0.5, 0.6) is 0 Å². The fourth-order valence-electron chi connectivity index (χ4n) is 2.21. The van der Waals surface area contributed by atoms with Crippen molar-refractivity contribution < 1.29 is 4.74 Å². The maximum Gasteiger partial charge on any atom is 0.0828 e. The van der Waals surface area contributed by atoms with Gasteiger partial charge in [0.15, 0.2) is 0 Å². The Morgan fingerprint density at radius 3 is 2.36 bits per heavy atom. The molecule has 0 spiro atoms. The van der Waals surface area contributed by atoms with Crippen LogP contribution in [0.25, 0.3) is 0 Å². The third-order valence-corrected chi connectivity index (χ3v) is 3.13. The van der Waals surface area contributed by atoms with E-state index in [4.69, 9.17) is 10.5 Å². The summed E-state index contributed by atoms with van der Waals surface area (Å²) in [7, 11) is 0. The molecule has 0 aromatic heterocycles. The van der Waals surface area contributed by atoms with Crippen molar-refractivity contribution in [3.8, 4) is 0 Å². The van der Waals surface area contributed by atoms with E-state index >= 15 is 0 Å². The number of hydrogen-bond acceptors (Lipinski definition) is 3. The molecule has 1 heterocycles. The minimum absolute atomic E-state index is 0.0149. The largest absolute Gasteiger partial charge is 0.374 e. The minimum Gasteiger partial charge on any atom is -0.374 e. The van der Waals surface area contributed by atoms with Crippen LogP contribution in [0.15, 0.2) is 0 Å². The summed E-state index contributed by atoms with van der Waals surface area (Å²) in [6.07, 6.45) is 3.43. The zero-order valence-corrected chi connectivity index (χ0v) is 9.59. The molecule has 14 heavy (non-hydrogen) atoms. The van der Waals surface area contributed by atoms with Crippen molar-refractivity contribution in [1.82, 2.24) is 4.90 Å². The number of ether oxygens (including phenoxy) is 1. The Balaban J connectivity index is 2.38. The highest BCUT2D eigenvalue weighted by molar-refractivity contribution is 4.88. The Kier molecular flexibility index (Phi) is 4.85. The number of piperidine rings is 1. The van der Waals surface area contributed by atoms with E-state index in [1.807, 2.05) is 0 Å². The van der Waals surface area contributed by atoms with Crippen molar-refractivity contribution in [2.75, 3.05) is 32.8 Å². The molecule has 3 heteroatoms. The van der Waals surface area contributed by atoms with Gasteiger partial charge in [-0.1, -0.05) is 6.92 Å². The van der Waals surface area contributed by atoms with Gasteiger partial charge in [-0.15, -0.1) is 0 Å². The molecule has 0 aliphatic carbocycles. The maximum atomic E-state index is 5.80. The monoisotopic (exact) mass is 200 g/mol. The third-order valence-electron chi connectivity index (χ3n) is 3.13. The molecule has 1 saturated heterocycles. The van der Waals surface area contributed by atoms with Crippen LogP contribution in [0.1, 0.15) is 33.1 Å². The van der Waals surface area contributed by atoms with Gasteiger partial charge in [0.05, 0.1) is 5.60 Å². The molecule has 0 saturated carbocycles. The summed E-state index contributed by atoms with van der Waals surface area (Å²) >= 11 is 0. The van der Waals surface area contributed by atoms with Crippen LogP contribution in [0.4, 0.5) is 0 Å². The van der Waals surface area contributed by atoms with E-state index in [1.54, 1.807) is 0 Å². The third kappa shape index (κ3) is 2.94. The highest BCUT2D eigenvalue weighted by atomic mass is 16.5. The van der Waals surface area contributed by atoms with E-state index in [9.17, 15) is 0 Å². The zero-order chi connectivity index (χ0) is 10.4. The summed E-state index contributed by atoms with van der Waals surface area (Å²) in [5, 5.41) is 0. The first-order chi connectivity index (χ1) is 6.76. The predicted molar refractivity (Wildman–Crippen MR) is 59.4 cm³/mol. The SMILES string of the molecule is CCCN1CCC(CN)(OCC)CC1. The molecule has 0 unspecified atom stereocenters. The number of hydrogen-bond donors (Lipinski definition) is 1. The minimum atomic E-state index is -0.0149. The Hall–Kier alpha value is -0.120. The Bertz CT molecular complexity index is 153. The lowest BCUT2D eigenvalue weighted by atomic mass is 9.91. The average Bonchev–Trinajstić information content (AvgIpc) is 2.22. The second kappa shape index (κ2) is 5.69. The Morgan fingerprint density at radius 2 is 1.93 bits per heavy atom.